The predicted octanol–water partition coefficient (Wildman–Crippen LogP) is 5.46. The van der Waals surface area contributed by atoms with E-state index in [9.17, 15) is 14.3 Å². The topological polar surface area (TPSA) is 94.2 Å². The number of ether oxygens (including phenoxy) is 1. The number of aromatic nitrogens is 1. The summed E-state index contributed by atoms with van der Waals surface area (Å²) < 4.78 is 25.0. The number of carbonyl (C=O) groups is 1. The normalized spacial score (nSPS) is 12.4. The van der Waals surface area contributed by atoms with E-state index in [1.807, 2.05) is 38.1 Å². The third-order valence-electron chi connectivity index (χ3n) is 5.24. The predicted molar refractivity (Wildman–Crippen MR) is 126 cm³/mol. The molecule has 1 aromatic heterocycles. The molecule has 34 heavy (non-hydrogen) atoms. The number of aryl methyl sites for hydroxylation is 1. The van der Waals surface area contributed by atoms with Gasteiger partial charge in [0.2, 0.25) is 5.89 Å². The maximum atomic E-state index is 13.5. The average Bonchev–Trinajstić information content (AvgIpc) is 3.19. The quantitative estimate of drug-likeness (QED) is 0.216. The number of benzene rings is 2. The molecule has 0 aliphatic carbocycles. The molecule has 0 fully saturated rings. The van der Waals surface area contributed by atoms with Crippen LogP contribution in [0.25, 0.3) is 11.5 Å². The number of carboxylic acid groups (broad SMARTS) is 1. The highest BCUT2D eigenvalue weighted by atomic mass is 19.1. The molecule has 0 bridgehead atoms. The standard InChI is InChI=1S/C26H29FN2O5/c1-4-13-33-29-17(2)23(26(30)31)15-19-8-10-22(11-9-19)32-14-12-24-18(3)34-25(28-24)20-6-5-7-21(27)16-20/h5-11,16,23H,4,12-15H2,1-3H3,(H,30,31)/b29-17+. The van der Waals surface area contributed by atoms with Gasteiger partial charge < -0.3 is 19.1 Å². The van der Waals surface area contributed by atoms with Crippen molar-refractivity contribution >= 4 is 11.7 Å². The zero-order chi connectivity index (χ0) is 24.5. The van der Waals surface area contributed by atoms with Crippen molar-refractivity contribution in [3.8, 4) is 17.2 Å². The van der Waals surface area contributed by atoms with E-state index in [1.54, 1.807) is 19.1 Å². The molecular weight excluding hydrogens is 439 g/mol. The first-order chi connectivity index (χ1) is 16.4. The van der Waals surface area contributed by atoms with Crippen LogP contribution in [0.3, 0.4) is 0 Å². The molecule has 1 unspecified atom stereocenters. The lowest BCUT2D eigenvalue weighted by atomic mass is 9.95. The highest BCUT2D eigenvalue weighted by Gasteiger charge is 2.22. The summed E-state index contributed by atoms with van der Waals surface area (Å²) in [6, 6.07) is 13.4. The fraction of sp³-hybridized carbons (Fsp3) is 0.346. The molecular formula is C26H29FN2O5. The van der Waals surface area contributed by atoms with E-state index >= 15 is 0 Å². The maximum Gasteiger partial charge on any atom is 0.312 e. The van der Waals surface area contributed by atoms with Gasteiger partial charge in [-0.3, -0.25) is 4.79 Å². The first-order valence-corrected chi connectivity index (χ1v) is 11.2. The minimum absolute atomic E-state index is 0.307. The number of oxazole rings is 1. The van der Waals surface area contributed by atoms with Crippen molar-refractivity contribution in [2.75, 3.05) is 13.2 Å². The largest absolute Gasteiger partial charge is 0.493 e. The number of hydrogen-bond donors (Lipinski definition) is 1. The summed E-state index contributed by atoms with van der Waals surface area (Å²) in [5.74, 6) is -0.336. The summed E-state index contributed by atoms with van der Waals surface area (Å²) in [6.45, 7) is 6.28. The van der Waals surface area contributed by atoms with E-state index in [0.717, 1.165) is 17.7 Å². The Morgan fingerprint density at radius 1 is 1.21 bits per heavy atom. The number of aliphatic carboxylic acids is 1. The zero-order valence-electron chi connectivity index (χ0n) is 19.6. The van der Waals surface area contributed by atoms with Gasteiger partial charge in [-0.2, -0.15) is 0 Å². The lowest BCUT2D eigenvalue weighted by Gasteiger charge is -2.13. The summed E-state index contributed by atoms with van der Waals surface area (Å²) >= 11 is 0. The van der Waals surface area contributed by atoms with E-state index in [2.05, 4.69) is 10.1 Å². The fourth-order valence-corrected chi connectivity index (χ4v) is 3.34. The van der Waals surface area contributed by atoms with E-state index in [1.165, 1.54) is 12.1 Å². The molecule has 1 atom stereocenters. The molecule has 0 saturated heterocycles. The van der Waals surface area contributed by atoms with Crippen LogP contribution in [0.1, 0.15) is 37.3 Å². The van der Waals surface area contributed by atoms with Gasteiger partial charge in [0.15, 0.2) is 0 Å². The van der Waals surface area contributed by atoms with Crippen LogP contribution >= 0.6 is 0 Å². The Balaban J connectivity index is 1.55. The molecule has 3 rings (SSSR count). The Kier molecular flexibility index (Phi) is 8.79. The molecule has 0 amide bonds. The monoisotopic (exact) mass is 468 g/mol. The molecule has 0 radical (unpaired) electrons. The Morgan fingerprint density at radius 3 is 2.65 bits per heavy atom. The molecule has 1 heterocycles. The summed E-state index contributed by atoms with van der Waals surface area (Å²) in [7, 11) is 0. The van der Waals surface area contributed by atoms with Gasteiger partial charge in [-0.25, -0.2) is 9.37 Å². The average molecular weight is 469 g/mol. The van der Waals surface area contributed by atoms with Crippen molar-refractivity contribution in [3.05, 3.63) is 71.4 Å². The van der Waals surface area contributed by atoms with Gasteiger partial charge in [-0.15, -0.1) is 0 Å². The molecule has 0 aliphatic rings. The Labute approximate surface area is 198 Å². The van der Waals surface area contributed by atoms with Crippen molar-refractivity contribution < 1.29 is 28.3 Å². The number of hydrogen-bond acceptors (Lipinski definition) is 6. The summed E-state index contributed by atoms with van der Waals surface area (Å²) in [5, 5.41) is 13.5. The van der Waals surface area contributed by atoms with Gasteiger partial charge in [-0.05, 0) is 62.6 Å². The highest BCUT2D eigenvalue weighted by molar-refractivity contribution is 6.00. The second-order valence-electron chi connectivity index (χ2n) is 7.94. The molecule has 7 nitrogen and oxygen atoms in total. The van der Waals surface area contributed by atoms with Crippen LogP contribution in [0.4, 0.5) is 4.39 Å². The SMILES string of the molecule is CCCO/N=C(\C)C(Cc1ccc(OCCc2nc(-c3cccc(F)c3)oc2C)cc1)C(=O)O. The molecule has 8 heteroatoms. The summed E-state index contributed by atoms with van der Waals surface area (Å²) in [6.07, 6.45) is 1.64. The van der Waals surface area contributed by atoms with Gasteiger partial charge in [-0.1, -0.05) is 30.3 Å². The molecule has 2 aromatic carbocycles. The number of nitrogens with zero attached hydrogens (tertiary/aromatic N) is 2. The van der Waals surface area contributed by atoms with Crippen LogP contribution < -0.4 is 4.74 Å². The van der Waals surface area contributed by atoms with Gasteiger partial charge in [0, 0.05) is 12.0 Å². The maximum absolute atomic E-state index is 13.5. The van der Waals surface area contributed by atoms with Crippen LogP contribution in [0.5, 0.6) is 5.75 Å². The molecule has 180 valence electrons. The Bertz CT molecular complexity index is 1120. The molecule has 0 spiro atoms. The third-order valence-corrected chi connectivity index (χ3v) is 5.24. The smallest absolute Gasteiger partial charge is 0.312 e. The van der Waals surface area contributed by atoms with Gasteiger partial charge in [0.05, 0.1) is 18.0 Å². The Hall–Kier alpha value is -3.68. The Morgan fingerprint density at radius 2 is 1.97 bits per heavy atom. The van der Waals surface area contributed by atoms with E-state index in [-0.39, 0.29) is 5.82 Å². The highest BCUT2D eigenvalue weighted by Crippen LogP contribution is 2.23. The summed E-state index contributed by atoms with van der Waals surface area (Å²) in [4.78, 5) is 21.3. The summed E-state index contributed by atoms with van der Waals surface area (Å²) in [5.41, 5.74) is 2.63. The van der Waals surface area contributed by atoms with E-state index in [4.69, 9.17) is 14.0 Å². The van der Waals surface area contributed by atoms with Crippen molar-refractivity contribution in [2.24, 2.45) is 11.1 Å². The minimum Gasteiger partial charge on any atom is -0.493 e. The van der Waals surface area contributed by atoms with Crippen LogP contribution in [0.15, 0.2) is 58.1 Å². The van der Waals surface area contributed by atoms with Crippen molar-refractivity contribution in [1.82, 2.24) is 4.98 Å². The van der Waals surface area contributed by atoms with Crippen LogP contribution in [-0.2, 0) is 22.5 Å². The first-order valence-electron chi connectivity index (χ1n) is 11.2. The van der Waals surface area contributed by atoms with Crippen molar-refractivity contribution in [3.63, 3.8) is 0 Å². The third kappa shape index (κ3) is 6.91. The molecule has 3 aromatic rings. The molecule has 0 aliphatic heterocycles. The van der Waals surface area contributed by atoms with Crippen LogP contribution in [0, 0.1) is 18.7 Å². The number of carboxylic acids is 1. The van der Waals surface area contributed by atoms with Crippen LogP contribution in [0.2, 0.25) is 0 Å². The lowest BCUT2D eigenvalue weighted by Crippen LogP contribution is -2.24. The second kappa shape index (κ2) is 12.0. The van der Waals surface area contributed by atoms with Crippen molar-refractivity contribution in [1.29, 1.82) is 0 Å². The number of halogens is 1. The second-order valence-corrected chi connectivity index (χ2v) is 7.94. The number of rotatable bonds is 12. The minimum atomic E-state index is -0.942. The first kappa shape index (κ1) is 25.0. The van der Waals surface area contributed by atoms with Crippen LogP contribution in [-0.4, -0.2) is 35.0 Å². The van der Waals surface area contributed by atoms with Gasteiger partial charge in [0.1, 0.15) is 29.9 Å². The molecule has 0 saturated carbocycles. The van der Waals surface area contributed by atoms with Crippen molar-refractivity contribution in [2.45, 2.75) is 40.0 Å². The van der Waals surface area contributed by atoms with E-state index in [0.29, 0.717) is 54.7 Å². The van der Waals surface area contributed by atoms with Gasteiger partial charge in [0.25, 0.3) is 0 Å². The van der Waals surface area contributed by atoms with E-state index < -0.39 is 11.9 Å². The molecule has 1 N–H and O–H groups in total. The fourth-order valence-electron chi connectivity index (χ4n) is 3.34. The zero-order valence-corrected chi connectivity index (χ0v) is 19.6. The van der Waals surface area contributed by atoms with Gasteiger partial charge >= 0.3 is 5.97 Å². The number of oxime groups is 1. The lowest BCUT2D eigenvalue weighted by molar-refractivity contribution is -0.139.